The van der Waals surface area contributed by atoms with E-state index in [0.717, 1.165) is 29.9 Å². The second-order valence-corrected chi connectivity index (χ2v) is 9.05. The molecular weight excluding hydrogens is 442 g/mol. The van der Waals surface area contributed by atoms with Crippen LogP contribution in [0, 0.1) is 12.3 Å². The van der Waals surface area contributed by atoms with Gasteiger partial charge in [0.05, 0.1) is 20.3 Å². The molecule has 8 heteroatoms. The number of nitrogens with zero attached hydrogens (tertiary/aromatic N) is 2. The third kappa shape index (κ3) is 5.59. The molecule has 8 nitrogen and oxygen atoms in total. The first-order chi connectivity index (χ1) is 16.7. The van der Waals surface area contributed by atoms with Crippen molar-refractivity contribution >= 4 is 23.4 Å². The van der Waals surface area contributed by atoms with Crippen molar-refractivity contribution in [3.05, 3.63) is 58.8 Å². The summed E-state index contributed by atoms with van der Waals surface area (Å²) in [5, 5.41) is 13.9. The Morgan fingerprint density at radius 2 is 1.89 bits per heavy atom. The van der Waals surface area contributed by atoms with Gasteiger partial charge in [0.1, 0.15) is 0 Å². The van der Waals surface area contributed by atoms with Crippen molar-refractivity contribution in [3.63, 3.8) is 0 Å². The van der Waals surface area contributed by atoms with E-state index in [4.69, 9.17) is 14.9 Å². The van der Waals surface area contributed by atoms with Crippen LogP contribution in [0.4, 0.5) is 5.69 Å². The molecule has 1 heterocycles. The lowest BCUT2D eigenvalue weighted by atomic mass is 9.98. The fourth-order valence-electron chi connectivity index (χ4n) is 4.20. The molecule has 0 aromatic heterocycles. The molecule has 0 radical (unpaired) electrons. The number of carbonyl (C=O) groups is 1. The highest BCUT2D eigenvalue weighted by Crippen LogP contribution is 2.38. The second-order valence-electron chi connectivity index (χ2n) is 9.05. The third-order valence-electron chi connectivity index (χ3n) is 6.54. The molecule has 0 spiro atoms. The maximum absolute atomic E-state index is 13.3. The predicted molar refractivity (Wildman–Crippen MR) is 142 cm³/mol. The summed E-state index contributed by atoms with van der Waals surface area (Å²) in [5.74, 6) is 0.946. The minimum absolute atomic E-state index is 0.129. The Bertz CT molecular complexity index is 1110. The first-order valence-corrected chi connectivity index (χ1v) is 11.7. The van der Waals surface area contributed by atoms with E-state index in [9.17, 15) is 4.79 Å². The molecule has 1 aliphatic heterocycles. The van der Waals surface area contributed by atoms with Gasteiger partial charge in [-0.05, 0) is 63.3 Å². The molecule has 1 atom stereocenters. The highest BCUT2D eigenvalue weighted by atomic mass is 16.5. The number of amides is 1. The molecule has 0 unspecified atom stereocenters. The molecule has 3 rings (SSSR count). The normalized spacial score (nSPS) is 14.9. The van der Waals surface area contributed by atoms with Crippen LogP contribution < -0.4 is 25.0 Å². The van der Waals surface area contributed by atoms with Gasteiger partial charge in [-0.25, -0.2) is 0 Å². The summed E-state index contributed by atoms with van der Waals surface area (Å²) >= 11 is 0. The van der Waals surface area contributed by atoms with Crippen molar-refractivity contribution in [1.82, 2.24) is 15.5 Å². The van der Waals surface area contributed by atoms with Gasteiger partial charge in [-0.3, -0.25) is 4.79 Å². The molecule has 1 amide bonds. The molecule has 188 valence electrons. The fourth-order valence-corrected chi connectivity index (χ4v) is 4.20. The third-order valence-corrected chi connectivity index (χ3v) is 6.54. The molecule has 0 bridgehead atoms. The Labute approximate surface area is 208 Å². The first-order valence-electron chi connectivity index (χ1n) is 11.7. The van der Waals surface area contributed by atoms with Gasteiger partial charge in [-0.15, -0.1) is 0 Å². The molecule has 2 aromatic rings. The molecule has 1 aliphatic rings. The summed E-state index contributed by atoms with van der Waals surface area (Å²) in [5.41, 5.74) is 4.85. The number of anilines is 1. The molecule has 0 aliphatic carbocycles. The van der Waals surface area contributed by atoms with Crippen LogP contribution in [0.5, 0.6) is 11.5 Å². The van der Waals surface area contributed by atoms with E-state index in [2.05, 4.69) is 40.6 Å². The molecule has 1 saturated heterocycles. The quantitative estimate of drug-likeness (QED) is 0.452. The van der Waals surface area contributed by atoms with Gasteiger partial charge in [-0.2, -0.15) is 0 Å². The molecule has 35 heavy (non-hydrogen) atoms. The molecule has 3 N–H and O–H groups in total. The van der Waals surface area contributed by atoms with Crippen LogP contribution in [0.15, 0.2) is 36.5 Å². The molecule has 1 fully saturated rings. The van der Waals surface area contributed by atoms with Crippen LogP contribution in [-0.4, -0.2) is 71.5 Å². The van der Waals surface area contributed by atoms with E-state index >= 15 is 0 Å². The summed E-state index contributed by atoms with van der Waals surface area (Å²) in [6.07, 6.45) is 2.98. The average molecular weight is 480 g/mol. The Kier molecular flexibility index (Phi) is 8.40. The maximum Gasteiger partial charge on any atom is 0.252 e. The van der Waals surface area contributed by atoms with Crippen LogP contribution >= 0.6 is 0 Å². The van der Waals surface area contributed by atoms with Crippen molar-refractivity contribution in [3.8, 4) is 11.5 Å². The number of nitrogens with one attached hydrogen (secondary N) is 3. The minimum atomic E-state index is -0.298. The summed E-state index contributed by atoms with van der Waals surface area (Å²) < 4.78 is 11.1. The molecule has 0 saturated carbocycles. The van der Waals surface area contributed by atoms with Gasteiger partial charge >= 0.3 is 0 Å². The van der Waals surface area contributed by atoms with Crippen molar-refractivity contribution in [1.29, 1.82) is 5.41 Å². The van der Waals surface area contributed by atoms with Crippen molar-refractivity contribution in [2.45, 2.75) is 25.9 Å². The Hall–Kier alpha value is -3.52. The number of rotatable bonds is 10. The monoisotopic (exact) mass is 479 g/mol. The maximum atomic E-state index is 13.3. The lowest BCUT2D eigenvalue weighted by Gasteiger charge is -2.44. The predicted octanol–water partition coefficient (Wildman–Crippen LogP) is 3.46. The Morgan fingerprint density at radius 1 is 1.17 bits per heavy atom. The summed E-state index contributed by atoms with van der Waals surface area (Å²) in [7, 11) is 9.11. The SMILES string of the molecule is CN/C=C(\C=N)c1cc([C@@H](C)NC(=O)c2cc(N3CC(N(C)C)C3)ccc2C)cc(OC)c1OC. The molecular formula is C27H37N5O3. The van der Waals surface area contributed by atoms with Gasteiger partial charge in [0.25, 0.3) is 5.91 Å². The van der Waals surface area contributed by atoms with Crippen LogP contribution in [0.1, 0.15) is 40.0 Å². The van der Waals surface area contributed by atoms with Gasteiger partial charge in [0, 0.05) is 61.0 Å². The van der Waals surface area contributed by atoms with Crippen LogP contribution in [-0.2, 0) is 0 Å². The first kappa shape index (κ1) is 26.1. The lowest BCUT2D eigenvalue weighted by Crippen LogP contribution is -2.57. The molecule has 2 aromatic carbocycles. The number of ether oxygens (including phenoxy) is 2. The average Bonchev–Trinajstić information content (AvgIpc) is 2.81. The number of allylic oxidation sites excluding steroid dienone is 1. The topological polar surface area (TPSA) is 89.9 Å². The fraction of sp³-hybridized carbons (Fsp3) is 0.407. The summed E-state index contributed by atoms with van der Waals surface area (Å²) in [6.45, 7) is 5.80. The van der Waals surface area contributed by atoms with Crippen molar-refractivity contribution < 1.29 is 14.3 Å². The minimum Gasteiger partial charge on any atom is -0.493 e. The number of benzene rings is 2. The number of aryl methyl sites for hydroxylation is 1. The smallest absolute Gasteiger partial charge is 0.252 e. The largest absolute Gasteiger partial charge is 0.493 e. The van der Waals surface area contributed by atoms with E-state index in [1.54, 1.807) is 27.5 Å². The van der Waals surface area contributed by atoms with Crippen LogP contribution in [0.25, 0.3) is 5.57 Å². The number of likely N-dealkylation sites (N-methyl/N-ethyl adjacent to an activating group) is 1. The zero-order valence-corrected chi connectivity index (χ0v) is 21.7. The van der Waals surface area contributed by atoms with E-state index in [1.807, 2.05) is 38.1 Å². The highest BCUT2D eigenvalue weighted by molar-refractivity contribution is 6.09. The zero-order chi connectivity index (χ0) is 25.7. The van der Waals surface area contributed by atoms with E-state index in [0.29, 0.717) is 34.2 Å². The van der Waals surface area contributed by atoms with Gasteiger partial charge in [-0.1, -0.05) is 6.07 Å². The number of hydrogen-bond acceptors (Lipinski definition) is 7. The summed E-state index contributed by atoms with van der Waals surface area (Å²) in [4.78, 5) is 17.8. The second kappa shape index (κ2) is 11.3. The van der Waals surface area contributed by atoms with E-state index < -0.39 is 0 Å². The van der Waals surface area contributed by atoms with E-state index in [-0.39, 0.29) is 11.9 Å². The zero-order valence-electron chi connectivity index (χ0n) is 21.7. The van der Waals surface area contributed by atoms with Gasteiger partial charge < -0.3 is 35.3 Å². The van der Waals surface area contributed by atoms with Crippen molar-refractivity contribution in [2.24, 2.45) is 0 Å². The standard InChI is InChI=1S/C27H37N5O3/c1-17-8-9-21(32-15-22(16-32)31(4)5)12-23(17)27(33)30-18(2)19-10-24(20(13-28)14-29-3)26(35-7)25(11-19)34-6/h8-14,18,22,28-29H,15-16H2,1-7H3,(H,30,33)/b20-14+,28-13?/t18-/m1/s1. The number of carbonyl (C=O) groups excluding carboxylic acids is 1. The van der Waals surface area contributed by atoms with Gasteiger partial charge in [0.2, 0.25) is 0 Å². The Morgan fingerprint density at radius 3 is 2.46 bits per heavy atom. The van der Waals surface area contributed by atoms with Crippen molar-refractivity contribution in [2.75, 3.05) is 53.4 Å². The number of hydrogen-bond donors (Lipinski definition) is 3. The van der Waals surface area contributed by atoms with Crippen LogP contribution in [0.2, 0.25) is 0 Å². The number of methoxy groups -OCH3 is 2. The highest BCUT2D eigenvalue weighted by Gasteiger charge is 2.29. The van der Waals surface area contributed by atoms with E-state index in [1.165, 1.54) is 6.21 Å². The Balaban J connectivity index is 1.86. The summed E-state index contributed by atoms with van der Waals surface area (Å²) in [6, 6.07) is 10.1. The van der Waals surface area contributed by atoms with Crippen LogP contribution in [0.3, 0.4) is 0 Å². The van der Waals surface area contributed by atoms with Gasteiger partial charge in [0.15, 0.2) is 11.5 Å². The lowest BCUT2D eigenvalue weighted by molar-refractivity contribution is 0.0939.